The lowest BCUT2D eigenvalue weighted by molar-refractivity contribution is -0.117. The van der Waals surface area contributed by atoms with Crippen molar-refractivity contribution < 1.29 is 4.79 Å². The number of carbonyl (C=O) groups excluding carboxylic acids is 1. The maximum atomic E-state index is 12.5. The third-order valence-electron chi connectivity index (χ3n) is 9.01. The van der Waals surface area contributed by atoms with E-state index < -0.39 is 0 Å². The molecule has 3 heterocycles. The van der Waals surface area contributed by atoms with Gasteiger partial charge in [0.05, 0.1) is 0 Å². The number of amides is 1. The third kappa shape index (κ3) is 5.34. The number of carbonyl (C=O) groups is 1. The predicted octanol–water partition coefficient (Wildman–Crippen LogP) is 7.57. The molecule has 2 N–H and O–H groups in total. The Bertz CT molecular complexity index is 1260. The second kappa shape index (κ2) is 10.8. The van der Waals surface area contributed by atoms with E-state index in [2.05, 4.69) is 45.7 Å². The Morgan fingerprint density at radius 3 is 2.38 bits per heavy atom. The number of aromatic nitrogens is 1. The van der Waals surface area contributed by atoms with Crippen LogP contribution in [0.15, 0.2) is 54.7 Å². The van der Waals surface area contributed by atoms with Crippen LogP contribution in [0.5, 0.6) is 0 Å². The van der Waals surface area contributed by atoms with Crippen LogP contribution >= 0.6 is 23.2 Å². The molecule has 6 rings (SSSR count). The van der Waals surface area contributed by atoms with Crippen LogP contribution in [0.1, 0.15) is 68.4 Å². The van der Waals surface area contributed by atoms with Crippen LogP contribution in [-0.2, 0) is 4.79 Å². The van der Waals surface area contributed by atoms with Gasteiger partial charge in [0.1, 0.15) is 0 Å². The number of fused-ring (bicyclic) bond motifs is 3. The monoisotopic (exact) mass is 535 g/mol. The molecule has 2 aliphatic heterocycles. The molecule has 3 fully saturated rings. The molecule has 2 aromatic carbocycles. The lowest BCUT2D eigenvalue weighted by Gasteiger charge is -2.42. The zero-order valence-corrected chi connectivity index (χ0v) is 22.6. The van der Waals surface area contributed by atoms with Crippen molar-refractivity contribution in [1.29, 1.82) is 0 Å². The van der Waals surface area contributed by atoms with Gasteiger partial charge < -0.3 is 10.3 Å². The minimum absolute atomic E-state index is 0.0724. The Hall–Kier alpha value is -2.27. The molecule has 1 saturated carbocycles. The Balaban J connectivity index is 0.995. The molecule has 3 aromatic rings. The summed E-state index contributed by atoms with van der Waals surface area (Å²) in [6, 6.07) is 15.8. The Kier molecular flexibility index (Phi) is 7.34. The fourth-order valence-corrected chi connectivity index (χ4v) is 7.65. The van der Waals surface area contributed by atoms with Gasteiger partial charge in [-0.1, -0.05) is 47.5 Å². The van der Waals surface area contributed by atoms with Crippen molar-refractivity contribution in [3.05, 3.63) is 75.9 Å². The SMILES string of the molecule is O=C(/C=C/c1c(Cl)cccc1Cl)NC1CCC(CN2C3CCC2CC(c2c[nH]c4ccccc24)C3)CC1. The van der Waals surface area contributed by atoms with Crippen molar-refractivity contribution in [3.63, 3.8) is 0 Å². The highest BCUT2D eigenvalue weighted by molar-refractivity contribution is 6.37. The fraction of sp³-hybridized carbons (Fsp3) is 0.452. The summed E-state index contributed by atoms with van der Waals surface area (Å²) in [4.78, 5) is 18.9. The van der Waals surface area contributed by atoms with Crippen molar-refractivity contribution in [2.24, 2.45) is 5.92 Å². The summed E-state index contributed by atoms with van der Waals surface area (Å²) in [6.45, 7) is 1.22. The van der Waals surface area contributed by atoms with E-state index in [9.17, 15) is 4.79 Å². The van der Waals surface area contributed by atoms with Crippen molar-refractivity contribution in [1.82, 2.24) is 15.2 Å². The van der Waals surface area contributed by atoms with Gasteiger partial charge in [-0.05, 0) is 93.0 Å². The number of H-pyrrole nitrogens is 1. The second-order valence-corrected chi connectivity index (χ2v) is 12.0. The number of halogens is 2. The van der Waals surface area contributed by atoms with Gasteiger partial charge in [0.15, 0.2) is 0 Å². The number of piperidine rings is 1. The quantitative estimate of drug-likeness (QED) is 0.319. The van der Waals surface area contributed by atoms with Crippen LogP contribution in [-0.4, -0.2) is 40.5 Å². The summed E-state index contributed by atoms with van der Waals surface area (Å²) < 4.78 is 0. The van der Waals surface area contributed by atoms with Crippen LogP contribution in [0, 0.1) is 5.92 Å². The molecule has 2 saturated heterocycles. The van der Waals surface area contributed by atoms with E-state index in [0.717, 1.165) is 30.8 Å². The Morgan fingerprint density at radius 1 is 0.946 bits per heavy atom. The highest BCUT2D eigenvalue weighted by Gasteiger charge is 2.42. The van der Waals surface area contributed by atoms with Gasteiger partial charge >= 0.3 is 0 Å². The number of hydrogen-bond acceptors (Lipinski definition) is 2. The lowest BCUT2D eigenvalue weighted by atomic mass is 9.82. The minimum Gasteiger partial charge on any atom is -0.361 e. The van der Waals surface area contributed by atoms with Crippen molar-refractivity contribution in [2.75, 3.05) is 6.54 Å². The first-order valence-electron chi connectivity index (χ1n) is 13.8. The molecule has 6 heteroatoms. The van der Waals surface area contributed by atoms with Crippen LogP contribution < -0.4 is 5.32 Å². The minimum atomic E-state index is -0.0724. The first-order valence-corrected chi connectivity index (χ1v) is 14.5. The zero-order valence-electron chi connectivity index (χ0n) is 21.1. The molecule has 1 aliphatic carbocycles. The Labute approximate surface area is 229 Å². The van der Waals surface area contributed by atoms with Crippen molar-refractivity contribution in [3.8, 4) is 0 Å². The molecular formula is C31H35Cl2N3O. The van der Waals surface area contributed by atoms with Gasteiger partial charge in [0.25, 0.3) is 0 Å². The number of nitrogens with zero attached hydrogens (tertiary/aromatic N) is 1. The molecule has 1 aromatic heterocycles. The Morgan fingerprint density at radius 2 is 1.65 bits per heavy atom. The molecule has 0 spiro atoms. The molecule has 37 heavy (non-hydrogen) atoms. The average molecular weight is 537 g/mol. The standard InChI is InChI=1S/C31H35Cl2N3O/c32-28-5-3-6-29(33)26(28)14-15-31(37)35-22-10-8-20(9-11-22)19-36-23-12-13-24(36)17-21(16-23)27-18-34-30-7-2-1-4-25(27)30/h1-7,14-15,18,20-24,34H,8-13,16-17,19H2,(H,35,37)/b15-14+. The first kappa shape index (κ1) is 25.0. The summed E-state index contributed by atoms with van der Waals surface area (Å²) in [5, 5.41) is 5.70. The number of nitrogens with one attached hydrogen (secondary N) is 2. The van der Waals surface area contributed by atoms with E-state index in [0.29, 0.717) is 21.5 Å². The molecule has 0 radical (unpaired) electrons. The van der Waals surface area contributed by atoms with Crippen LogP contribution in [0.4, 0.5) is 0 Å². The first-order chi connectivity index (χ1) is 18.0. The molecule has 2 atom stereocenters. The van der Waals surface area contributed by atoms with Gasteiger partial charge in [-0.3, -0.25) is 9.69 Å². The topological polar surface area (TPSA) is 48.1 Å². The van der Waals surface area contributed by atoms with Gasteiger partial charge in [-0.15, -0.1) is 0 Å². The summed E-state index contributed by atoms with van der Waals surface area (Å²) in [5.41, 5.74) is 3.47. The van der Waals surface area contributed by atoms with Gasteiger partial charge in [0, 0.05) is 63.5 Å². The highest BCUT2D eigenvalue weighted by atomic mass is 35.5. The number of benzene rings is 2. The number of rotatable bonds is 6. The van der Waals surface area contributed by atoms with Gasteiger partial charge in [0.2, 0.25) is 5.91 Å². The molecule has 1 amide bonds. The van der Waals surface area contributed by atoms with Crippen molar-refractivity contribution in [2.45, 2.75) is 75.4 Å². The second-order valence-electron chi connectivity index (χ2n) is 11.2. The predicted molar refractivity (Wildman–Crippen MR) is 153 cm³/mol. The van der Waals surface area contributed by atoms with E-state index >= 15 is 0 Å². The average Bonchev–Trinajstić information content (AvgIpc) is 3.42. The van der Waals surface area contributed by atoms with Crippen molar-refractivity contribution >= 4 is 46.1 Å². The number of hydrogen-bond donors (Lipinski definition) is 2. The van der Waals surface area contributed by atoms with E-state index in [1.165, 1.54) is 61.5 Å². The number of aromatic amines is 1. The number of para-hydroxylation sites is 1. The molecule has 3 aliphatic rings. The summed E-state index contributed by atoms with van der Waals surface area (Å²) in [6.07, 6.45) is 15.3. The lowest BCUT2D eigenvalue weighted by Crippen LogP contribution is -2.46. The van der Waals surface area contributed by atoms with Gasteiger partial charge in [-0.25, -0.2) is 0 Å². The van der Waals surface area contributed by atoms with E-state index in [4.69, 9.17) is 23.2 Å². The van der Waals surface area contributed by atoms with Crippen LogP contribution in [0.2, 0.25) is 10.0 Å². The van der Waals surface area contributed by atoms with E-state index in [-0.39, 0.29) is 11.9 Å². The fourth-order valence-electron chi connectivity index (χ4n) is 7.12. The van der Waals surface area contributed by atoms with Gasteiger partial charge in [-0.2, -0.15) is 0 Å². The molecule has 2 bridgehead atoms. The summed E-state index contributed by atoms with van der Waals surface area (Å²) in [7, 11) is 0. The summed E-state index contributed by atoms with van der Waals surface area (Å²) >= 11 is 12.4. The van der Waals surface area contributed by atoms with E-state index in [1.54, 1.807) is 30.4 Å². The van der Waals surface area contributed by atoms with Crippen LogP contribution in [0.25, 0.3) is 17.0 Å². The molecule has 194 valence electrons. The molecule has 2 unspecified atom stereocenters. The van der Waals surface area contributed by atoms with Crippen LogP contribution in [0.3, 0.4) is 0 Å². The zero-order chi connectivity index (χ0) is 25.4. The maximum absolute atomic E-state index is 12.5. The highest BCUT2D eigenvalue weighted by Crippen LogP contribution is 2.45. The third-order valence-corrected chi connectivity index (χ3v) is 9.67. The summed E-state index contributed by atoms with van der Waals surface area (Å²) in [5.74, 6) is 1.33. The molecule has 4 nitrogen and oxygen atoms in total. The maximum Gasteiger partial charge on any atom is 0.244 e. The smallest absolute Gasteiger partial charge is 0.244 e. The molecular weight excluding hydrogens is 501 g/mol. The van der Waals surface area contributed by atoms with E-state index in [1.807, 2.05) is 0 Å². The largest absolute Gasteiger partial charge is 0.361 e. The normalized spacial score (nSPS) is 28.2.